The van der Waals surface area contributed by atoms with Gasteiger partial charge in [0.25, 0.3) is 5.91 Å². The fourth-order valence-electron chi connectivity index (χ4n) is 2.52. The summed E-state index contributed by atoms with van der Waals surface area (Å²) in [6.45, 7) is 0.652. The highest BCUT2D eigenvalue weighted by Gasteiger charge is 2.26. The van der Waals surface area contributed by atoms with Gasteiger partial charge in [-0.3, -0.25) is 4.79 Å². The Labute approximate surface area is 164 Å². The third-order valence-corrected chi connectivity index (χ3v) is 5.90. The summed E-state index contributed by atoms with van der Waals surface area (Å²) in [5.74, 6) is 1.39. The summed E-state index contributed by atoms with van der Waals surface area (Å²) in [4.78, 5) is 12.4. The van der Waals surface area contributed by atoms with Crippen LogP contribution in [0.3, 0.4) is 0 Å². The van der Waals surface area contributed by atoms with Gasteiger partial charge in [-0.05, 0) is 36.4 Å². The van der Waals surface area contributed by atoms with Gasteiger partial charge in [0.2, 0.25) is 16.1 Å². The maximum atomic E-state index is 12.2. The van der Waals surface area contributed by atoms with Crippen molar-refractivity contribution in [1.29, 1.82) is 0 Å². The number of nitrogens with one attached hydrogen (secondary N) is 1. The molecule has 0 fully saturated rings. The van der Waals surface area contributed by atoms with E-state index in [1.165, 1.54) is 26.2 Å². The molecule has 2 aromatic rings. The summed E-state index contributed by atoms with van der Waals surface area (Å²) in [5, 5.41) is 2.73. The Balaban J connectivity index is 1.44. The van der Waals surface area contributed by atoms with Crippen LogP contribution in [0, 0.1) is 0 Å². The molecule has 1 N–H and O–H groups in total. The number of sulfonamides is 1. The zero-order valence-electron chi connectivity index (χ0n) is 15.6. The van der Waals surface area contributed by atoms with Crippen LogP contribution in [0.25, 0.3) is 0 Å². The highest BCUT2D eigenvalue weighted by Crippen LogP contribution is 2.30. The fourth-order valence-corrected chi connectivity index (χ4v) is 3.43. The summed E-state index contributed by atoms with van der Waals surface area (Å²) in [6.07, 6.45) is -0.717. The second kappa shape index (κ2) is 8.49. The number of carbonyl (C=O) groups excluding carboxylic acids is 1. The van der Waals surface area contributed by atoms with Crippen molar-refractivity contribution in [3.8, 4) is 17.2 Å². The number of para-hydroxylation sites is 2. The molecule has 3 rings (SSSR count). The Morgan fingerprint density at radius 2 is 1.82 bits per heavy atom. The first kappa shape index (κ1) is 20.0. The van der Waals surface area contributed by atoms with Gasteiger partial charge < -0.3 is 19.5 Å². The van der Waals surface area contributed by atoms with E-state index >= 15 is 0 Å². The van der Waals surface area contributed by atoms with Gasteiger partial charge in [-0.1, -0.05) is 12.1 Å². The van der Waals surface area contributed by atoms with Crippen LogP contribution < -0.4 is 19.5 Å². The second-order valence-electron chi connectivity index (χ2n) is 6.26. The standard InChI is InChI=1S/C19H22N2O6S/c1-21(2)28(23,24)15-9-7-14(8-10-15)25-12-11-20-19(22)18-13-26-16-5-3-4-6-17(16)27-18/h3-10,18H,11-13H2,1-2H3,(H,20,22)/t18-/m0/s1. The highest BCUT2D eigenvalue weighted by molar-refractivity contribution is 7.89. The van der Waals surface area contributed by atoms with E-state index in [9.17, 15) is 13.2 Å². The molecule has 0 saturated heterocycles. The molecule has 0 aromatic heterocycles. The molecule has 8 nitrogen and oxygen atoms in total. The van der Waals surface area contributed by atoms with E-state index in [-0.39, 0.29) is 30.6 Å². The lowest BCUT2D eigenvalue weighted by Gasteiger charge is -2.25. The van der Waals surface area contributed by atoms with Gasteiger partial charge in [0.05, 0.1) is 11.4 Å². The van der Waals surface area contributed by atoms with Gasteiger partial charge in [-0.25, -0.2) is 12.7 Å². The van der Waals surface area contributed by atoms with E-state index < -0.39 is 16.1 Å². The SMILES string of the molecule is CN(C)S(=O)(=O)c1ccc(OCCNC(=O)[C@@H]2COc3ccccc3O2)cc1. The maximum absolute atomic E-state index is 12.2. The van der Waals surface area contributed by atoms with Crippen molar-refractivity contribution in [3.05, 3.63) is 48.5 Å². The topological polar surface area (TPSA) is 94.2 Å². The zero-order valence-corrected chi connectivity index (χ0v) is 16.4. The van der Waals surface area contributed by atoms with E-state index in [1.807, 2.05) is 12.1 Å². The maximum Gasteiger partial charge on any atom is 0.264 e. The minimum absolute atomic E-state index is 0.144. The van der Waals surface area contributed by atoms with Crippen LogP contribution in [0.5, 0.6) is 17.2 Å². The number of rotatable bonds is 7. The summed E-state index contributed by atoms with van der Waals surface area (Å²) >= 11 is 0. The lowest BCUT2D eigenvalue weighted by atomic mass is 10.2. The average molecular weight is 406 g/mol. The molecule has 1 atom stereocenters. The number of nitrogens with zero attached hydrogens (tertiary/aromatic N) is 1. The number of ether oxygens (including phenoxy) is 3. The largest absolute Gasteiger partial charge is 0.492 e. The van der Waals surface area contributed by atoms with Crippen molar-refractivity contribution in [2.45, 2.75) is 11.0 Å². The van der Waals surface area contributed by atoms with E-state index in [0.29, 0.717) is 17.2 Å². The molecule has 0 spiro atoms. The monoisotopic (exact) mass is 406 g/mol. The molecule has 150 valence electrons. The van der Waals surface area contributed by atoms with Crippen LogP contribution in [-0.4, -0.2) is 58.6 Å². The van der Waals surface area contributed by atoms with Crippen LogP contribution >= 0.6 is 0 Å². The third-order valence-electron chi connectivity index (χ3n) is 4.07. The first-order chi connectivity index (χ1) is 13.4. The van der Waals surface area contributed by atoms with Crippen LogP contribution in [0.4, 0.5) is 0 Å². The predicted octanol–water partition coefficient (Wildman–Crippen LogP) is 1.27. The highest BCUT2D eigenvalue weighted by atomic mass is 32.2. The van der Waals surface area contributed by atoms with Crippen LogP contribution in [0.1, 0.15) is 0 Å². The molecule has 2 aromatic carbocycles. The molecule has 28 heavy (non-hydrogen) atoms. The second-order valence-corrected chi connectivity index (χ2v) is 8.41. The lowest BCUT2D eigenvalue weighted by Crippen LogP contribution is -2.45. The Morgan fingerprint density at radius 3 is 2.50 bits per heavy atom. The van der Waals surface area contributed by atoms with E-state index in [1.54, 1.807) is 24.3 Å². The molecular weight excluding hydrogens is 384 g/mol. The molecule has 0 aliphatic carbocycles. The first-order valence-corrected chi connectivity index (χ1v) is 10.1. The molecule has 1 aliphatic heterocycles. The van der Waals surface area contributed by atoms with Crippen molar-refractivity contribution >= 4 is 15.9 Å². The molecule has 0 unspecified atom stereocenters. The van der Waals surface area contributed by atoms with E-state index in [0.717, 1.165) is 4.31 Å². The van der Waals surface area contributed by atoms with Gasteiger partial charge in [-0.15, -0.1) is 0 Å². The molecule has 0 radical (unpaired) electrons. The predicted molar refractivity (Wildman–Crippen MR) is 102 cm³/mol. The zero-order chi connectivity index (χ0) is 20.1. The Bertz CT molecular complexity index is 928. The van der Waals surface area contributed by atoms with Crippen LogP contribution in [0.2, 0.25) is 0 Å². The lowest BCUT2D eigenvalue weighted by molar-refractivity contribution is -0.130. The van der Waals surface area contributed by atoms with Gasteiger partial charge in [-0.2, -0.15) is 0 Å². The minimum atomic E-state index is -3.47. The molecule has 1 amide bonds. The third kappa shape index (κ3) is 4.55. The molecule has 1 aliphatic rings. The quantitative estimate of drug-likeness (QED) is 0.696. The van der Waals surface area contributed by atoms with Crippen LogP contribution in [0.15, 0.2) is 53.4 Å². The summed E-state index contributed by atoms with van der Waals surface area (Å²) < 4.78 is 41.9. The Hall–Kier alpha value is -2.78. The van der Waals surface area contributed by atoms with Crippen molar-refractivity contribution in [2.24, 2.45) is 0 Å². The number of benzene rings is 2. The number of amides is 1. The summed E-state index contributed by atoms with van der Waals surface area (Å²) in [5.41, 5.74) is 0. The first-order valence-electron chi connectivity index (χ1n) is 8.69. The van der Waals surface area contributed by atoms with Crippen molar-refractivity contribution in [3.63, 3.8) is 0 Å². The molecule has 9 heteroatoms. The normalized spacial score (nSPS) is 15.9. The number of carbonyl (C=O) groups is 1. The number of hydrogen-bond acceptors (Lipinski definition) is 6. The smallest absolute Gasteiger partial charge is 0.264 e. The molecule has 0 saturated carbocycles. The molecular formula is C19H22N2O6S. The Morgan fingerprint density at radius 1 is 1.14 bits per heavy atom. The minimum Gasteiger partial charge on any atom is -0.492 e. The summed E-state index contributed by atoms with van der Waals surface area (Å²) in [7, 11) is -0.520. The van der Waals surface area contributed by atoms with Crippen molar-refractivity contribution in [2.75, 3.05) is 33.9 Å². The van der Waals surface area contributed by atoms with Crippen molar-refractivity contribution in [1.82, 2.24) is 9.62 Å². The van der Waals surface area contributed by atoms with Gasteiger partial charge in [0.1, 0.15) is 19.0 Å². The number of hydrogen-bond donors (Lipinski definition) is 1. The van der Waals surface area contributed by atoms with Crippen LogP contribution in [-0.2, 0) is 14.8 Å². The number of fused-ring (bicyclic) bond motifs is 1. The van der Waals surface area contributed by atoms with E-state index in [4.69, 9.17) is 14.2 Å². The van der Waals surface area contributed by atoms with E-state index in [2.05, 4.69) is 5.32 Å². The molecule has 0 bridgehead atoms. The average Bonchev–Trinajstić information content (AvgIpc) is 2.71. The van der Waals surface area contributed by atoms with Gasteiger partial charge >= 0.3 is 0 Å². The Kier molecular flexibility index (Phi) is 6.05. The van der Waals surface area contributed by atoms with Gasteiger partial charge in [0.15, 0.2) is 11.5 Å². The van der Waals surface area contributed by atoms with Gasteiger partial charge in [0, 0.05) is 14.1 Å². The molecule has 1 heterocycles. The fraction of sp³-hybridized carbons (Fsp3) is 0.316. The van der Waals surface area contributed by atoms with Crippen molar-refractivity contribution < 1.29 is 27.4 Å². The summed E-state index contributed by atoms with van der Waals surface area (Å²) in [6, 6.07) is 13.3.